The lowest BCUT2D eigenvalue weighted by atomic mass is 10.0. The van der Waals surface area contributed by atoms with Gasteiger partial charge in [0, 0.05) is 4.90 Å². The standard InChI is InChI=1S/C4H4BIOS/c5-3-2(8)1-7-4(3)6/h1,8H,5H2. The molecule has 1 aromatic rings. The summed E-state index contributed by atoms with van der Waals surface area (Å²) in [5.41, 5.74) is 1.12. The SMILES string of the molecule is Bc1c(S)coc1I. The Morgan fingerprint density at radius 1 is 1.75 bits per heavy atom. The van der Waals surface area contributed by atoms with Gasteiger partial charge < -0.3 is 4.42 Å². The van der Waals surface area contributed by atoms with Gasteiger partial charge in [-0.05, 0) is 28.1 Å². The van der Waals surface area contributed by atoms with Gasteiger partial charge in [0.05, 0.1) is 0 Å². The molecule has 0 spiro atoms. The van der Waals surface area contributed by atoms with Crippen LogP contribution in [-0.4, -0.2) is 7.85 Å². The lowest BCUT2D eigenvalue weighted by Gasteiger charge is -1.81. The summed E-state index contributed by atoms with van der Waals surface area (Å²) in [6.45, 7) is 0. The zero-order chi connectivity index (χ0) is 6.15. The van der Waals surface area contributed by atoms with Crippen molar-refractivity contribution in [3.8, 4) is 0 Å². The minimum Gasteiger partial charge on any atom is -0.458 e. The van der Waals surface area contributed by atoms with E-state index in [1.807, 2.05) is 7.85 Å². The summed E-state index contributed by atoms with van der Waals surface area (Å²) in [4.78, 5) is 0.925. The minimum atomic E-state index is 0.924. The summed E-state index contributed by atoms with van der Waals surface area (Å²) in [7, 11) is 1.98. The molecule has 0 unspecified atom stereocenters. The highest BCUT2D eigenvalue weighted by atomic mass is 127. The molecule has 0 N–H and O–H groups in total. The molecule has 0 aromatic carbocycles. The van der Waals surface area contributed by atoms with Crippen LogP contribution in [0.5, 0.6) is 0 Å². The maximum Gasteiger partial charge on any atom is 0.158 e. The van der Waals surface area contributed by atoms with Crippen molar-refractivity contribution < 1.29 is 4.42 Å². The number of hydrogen-bond donors (Lipinski definition) is 1. The lowest BCUT2D eigenvalue weighted by Crippen LogP contribution is -2.02. The second-order valence-electron chi connectivity index (χ2n) is 1.52. The van der Waals surface area contributed by atoms with Gasteiger partial charge in [0.2, 0.25) is 0 Å². The van der Waals surface area contributed by atoms with Crippen molar-refractivity contribution in [2.45, 2.75) is 4.90 Å². The molecule has 4 heteroatoms. The lowest BCUT2D eigenvalue weighted by molar-refractivity contribution is 0.535. The van der Waals surface area contributed by atoms with Crippen LogP contribution in [0, 0.1) is 3.77 Å². The van der Waals surface area contributed by atoms with E-state index in [0.29, 0.717) is 0 Å². The molecule has 1 nitrogen and oxygen atoms in total. The molecular formula is C4H4BIOS. The molecule has 42 valence electrons. The smallest absolute Gasteiger partial charge is 0.158 e. The molecule has 8 heavy (non-hydrogen) atoms. The summed E-state index contributed by atoms with van der Waals surface area (Å²) in [6.07, 6.45) is 1.64. The first kappa shape index (κ1) is 6.54. The highest BCUT2D eigenvalue weighted by molar-refractivity contribution is 14.1. The van der Waals surface area contributed by atoms with Crippen LogP contribution in [0.1, 0.15) is 0 Å². The van der Waals surface area contributed by atoms with Crippen LogP contribution in [0.3, 0.4) is 0 Å². The molecule has 0 atom stereocenters. The quantitative estimate of drug-likeness (QED) is 0.393. The third kappa shape index (κ3) is 1.05. The minimum absolute atomic E-state index is 0.924. The fraction of sp³-hybridized carbons (Fsp3) is 0. The third-order valence-corrected chi connectivity index (χ3v) is 2.46. The van der Waals surface area contributed by atoms with E-state index in [9.17, 15) is 0 Å². The molecule has 0 aliphatic heterocycles. The van der Waals surface area contributed by atoms with Gasteiger partial charge in [-0.2, -0.15) is 0 Å². The Morgan fingerprint density at radius 3 is 2.50 bits per heavy atom. The van der Waals surface area contributed by atoms with E-state index in [2.05, 4.69) is 35.2 Å². The van der Waals surface area contributed by atoms with Crippen molar-refractivity contribution in [3.63, 3.8) is 0 Å². The topological polar surface area (TPSA) is 13.1 Å². The predicted molar refractivity (Wildman–Crippen MR) is 46.9 cm³/mol. The van der Waals surface area contributed by atoms with Crippen LogP contribution >= 0.6 is 35.2 Å². The highest BCUT2D eigenvalue weighted by Gasteiger charge is 2.00. The Balaban J connectivity index is 3.19. The summed E-state index contributed by atoms with van der Waals surface area (Å²) in [5.74, 6) is 0. The average Bonchev–Trinajstić information content (AvgIpc) is 1.98. The largest absolute Gasteiger partial charge is 0.458 e. The van der Waals surface area contributed by atoms with Crippen LogP contribution < -0.4 is 5.46 Å². The zero-order valence-electron chi connectivity index (χ0n) is 4.31. The molecule has 0 aliphatic carbocycles. The van der Waals surface area contributed by atoms with Crippen molar-refractivity contribution in [1.82, 2.24) is 0 Å². The van der Waals surface area contributed by atoms with Gasteiger partial charge >= 0.3 is 0 Å². The second kappa shape index (κ2) is 2.35. The first-order chi connectivity index (χ1) is 3.72. The Morgan fingerprint density at radius 2 is 2.38 bits per heavy atom. The van der Waals surface area contributed by atoms with Gasteiger partial charge in [-0.1, -0.05) is 0 Å². The number of thiol groups is 1. The summed E-state index contributed by atoms with van der Waals surface area (Å²) >= 11 is 6.25. The van der Waals surface area contributed by atoms with E-state index in [4.69, 9.17) is 4.42 Å². The normalized spacial score (nSPS) is 9.75. The van der Waals surface area contributed by atoms with Gasteiger partial charge in [0.1, 0.15) is 14.1 Å². The molecule has 0 aliphatic rings. The summed E-state index contributed by atoms with van der Waals surface area (Å²) in [5, 5.41) is 0. The molecule has 1 heterocycles. The van der Waals surface area contributed by atoms with Crippen molar-refractivity contribution >= 4 is 48.5 Å². The van der Waals surface area contributed by atoms with E-state index >= 15 is 0 Å². The number of rotatable bonds is 0. The van der Waals surface area contributed by atoms with E-state index in [-0.39, 0.29) is 0 Å². The van der Waals surface area contributed by atoms with Crippen LogP contribution in [0.25, 0.3) is 0 Å². The molecule has 1 aromatic heterocycles. The van der Waals surface area contributed by atoms with Gasteiger partial charge in [-0.3, -0.25) is 0 Å². The van der Waals surface area contributed by atoms with E-state index in [1.54, 1.807) is 6.26 Å². The molecule has 0 fully saturated rings. The third-order valence-electron chi connectivity index (χ3n) is 0.953. The predicted octanol–water partition coefficient (Wildman–Crippen LogP) is 0.431. The Kier molecular flexibility index (Phi) is 1.92. The van der Waals surface area contributed by atoms with E-state index in [0.717, 1.165) is 14.1 Å². The Hall–Kier alpha value is 0.425. The Labute approximate surface area is 67.8 Å². The summed E-state index contributed by atoms with van der Waals surface area (Å²) in [6, 6.07) is 0. The van der Waals surface area contributed by atoms with Crippen molar-refractivity contribution in [2.75, 3.05) is 0 Å². The maximum atomic E-state index is 5.01. The number of furan rings is 1. The monoisotopic (exact) mass is 238 g/mol. The van der Waals surface area contributed by atoms with Gasteiger partial charge in [0.15, 0.2) is 3.77 Å². The van der Waals surface area contributed by atoms with Crippen LogP contribution in [0.4, 0.5) is 0 Å². The Bertz CT molecular complexity index is 178. The summed E-state index contributed by atoms with van der Waals surface area (Å²) < 4.78 is 5.93. The van der Waals surface area contributed by atoms with Gasteiger partial charge in [0.25, 0.3) is 0 Å². The van der Waals surface area contributed by atoms with E-state index in [1.165, 1.54) is 0 Å². The van der Waals surface area contributed by atoms with Crippen molar-refractivity contribution in [1.29, 1.82) is 0 Å². The van der Waals surface area contributed by atoms with Crippen LogP contribution in [-0.2, 0) is 0 Å². The zero-order valence-corrected chi connectivity index (χ0v) is 7.36. The van der Waals surface area contributed by atoms with Crippen molar-refractivity contribution in [2.24, 2.45) is 0 Å². The highest BCUT2D eigenvalue weighted by Crippen LogP contribution is 2.08. The second-order valence-corrected chi connectivity index (χ2v) is 2.98. The molecule has 0 saturated carbocycles. The van der Waals surface area contributed by atoms with Gasteiger partial charge in [-0.15, -0.1) is 12.6 Å². The maximum absolute atomic E-state index is 5.01. The molecule has 1 rings (SSSR count). The fourth-order valence-corrected chi connectivity index (χ4v) is 1.17. The number of hydrogen-bond acceptors (Lipinski definition) is 2. The van der Waals surface area contributed by atoms with E-state index < -0.39 is 0 Å². The molecular weight excluding hydrogens is 234 g/mol. The average molecular weight is 238 g/mol. The molecule has 0 radical (unpaired) electrons. The molecule has 0 bridgehead atoms. The van der Waals surface area contributed by atoms with Gasteiger partial charge in [-0.25, -0.2) is 0 Å². The van der Waals surface area contributed by atoms with Crippen LogP contribution in [0.2, 0.25) is 0 Å². The number of halogens is 1. The fourth-order valence-electron chi connectivity index (χ4n) is 0.385. The van der Waals surface area contributed by atoms with Crippen molar-refractivity contribution in [3.05, 3.63) is 10.0 Å². The molecule has 0 amide bonds. The first-order valence-corrected chi connectivity index (χ1v) is 3.67. The molecule has 0 saturated heterocycles. The van der Waals surface area contributed by atoms with Crippen LogP contribution in [0.15, 0.2) is 15.6 Å². The first-order valence-electron chi connectivity index (χ1n) is 2.14.